The van der Waals surface area contributed by atoms with E-state index in [9.17, 15) is 0 Å². The second-order valence-corrected chi connectivity index (χ2v) is 5.25. The molecule has 0 aliphatic carbocycles. The smallest absolute Gasteiger partial charge is 1.00 e. The van der Waals surface area contributed by atoms with Gasteiger partial charge in [0.1, 0.15) is 0 Å². The summed E-state index contributed by atoms with van der Waals surface area (Å²) in [5, 5.41) is 0. The van der Waals surface area contributed by atoms with E-state index in [1.165, 1.54) is 11.1 Å². The Labute approximate surface area is 187 Å². The molecular weight excluding hydrogens is 528 g/mol. The topological polar surface area (TPSA) is 6.48 Å². The summed E-state index contributed by atoms with van der Waals surface area (Å²) >= 11 is 0. The predicted molar refractivity (Wildman–Crippen MR) is 85.3 cm³/mol. The van der Waals surface area contributed by atoms with Crippen LogP contribution in [0.4, 0.5) is 0 Å². The molecule has 2 rings (SSSR count). The van der Waals surface area contributed by atoms with Crippen LogP contribution in [0.15, 0.2) is 48.5 Å². The fourth-order valence-corrected chi connectivity index (χ4v) is 1.74. The van der Waals surface area contributed by atoms with Gasteiger partial charge in [-0.2, -0.15) is 60.7 Å². The molecule has 0 atom stereocenters. The van der Waals surface area contributed by atoms with Crippen LogP contribution in [0.25, 0.3) is 0 Å². The molecule has 2 aromatic carbocycles. The summed E-state index contributed by atoms with van der Waals surface area (Å²) in [4.78, 5) is 4.26. The van der Waals surface area contributed by atoms with Gasteiger partial charge in [-0.05, 0) is 28.2 Å². The summed E-state index contributed by atoms with van der Waals surface area (Å²) in [6.45, 7) is 1.95. The van der Waals surface area contributed by atoms with Crippen molar-refractivity contribution in [3.63, 3.8) is 0 Å². The molecule has 0 aliphatic rings. The second kappa shape index (κ2) is 19.6. The first-order valence-electron chi connectivity index (χ1n) is 6.78. The molecule has 0 bridgehead atoms. The van der Waals surface area contributed by atoms with Crippen LogP contribution in [0.5, 0.6) is 0 Å². The van der Waals surface area contributed by atoms with Gasteiger partial charge in [0.25, 0.3) is 0 Å². The summed E-state index contributed by atoms with van der Waals surface area (Å²) < 4.78 is 0. The molecule has 2 nitrogen and oxygen atoms in total. The van der Waals surface area contributed by atoms with Gasteiger partial charge in [0.2, 0.25) is 0 Å². The number of hydrogen-bond acceptors (Lipinski definition) is 2. The molecule has 0 aromatic heterocycles. The van der Waals surface area contributed by atoms with Crippen molar-refractivity contribution in [2.75, 3.05) is 28.2 Å². The largest absolute Gasteiger partial charge is 2.00 e. The van der Waals surface area contributed by atoms with Gasteiger partial charge in [0.15, 0.2) is 0 Å². The van der Waals surface area contributed by atoms with Crippen molar-refractivity contribution < 1.29 is 65.7 Å². The number of rotatable bonds is 4. The Bertz CT molecular complexity index is 423. The van der Waals surface area contributed by atoms with E-state index in [-0.39, 0.29) is 65.7 Å². The Hall–Kier alpha value is 0.265. The molecule has 24 heavy (non-hydrogen) atoms. The van der Waals surface area contributed by atoms with Crippen molar-refractivity contribution in [2.24, 2.45) is 0 Å². The van der Waals surface area contributed by atoms with E-state index < -0.39 is 0 Å². The second-order valence-electron chi connectivity index (χ2n) is 5.25. The molecular formula is C18H24Cl2N2Pd2. The van der Waals surface area contributed by atoms with E-state index in [1.807, 2.05) is 36.4 Å². The monoisotopic (exact) mass is 550 g/mol. The third-order valence-corrected chi connectivity index (χ3v) is 2.52. The molecule has 0 radical (unpaired) electrons. The molecule has 0 N–H and O–H groups in total. The zero-order valence-corrected chi connectivity index (χ0v) is 18.9. The van der Waals surface area contributed by atoms with Gasteiger partial charge in [0, 0.05) is 13.1 Å². The molecule has 140 valence electrons. The molecule has 0 amide bonds. The van der Waals surface area contributed by atoms with E-state index in [0.717, 1.165) is 13.1 Å². The summed E-state index contributed by atoms with van der Waals surface area (Å²) in [6.07, 6.45) is 0. The summed E-state index contributed by atoms with van der Waals surface area (Å²) in [5.74, 6) is 0. The van der Waals surface area contributed by atoms with Gasteiger partial charge >= 0.3 is 40.8 Å². The number of benzene rings is 2. The van der Waals surface area contributed by atoms with E-state index in [0.29, 0.717) is 0 Å². The quantitative estimate of drug-likeness (QED) is 0.297. The molecule has 0 unspecified atom stereocenters. The molecule has 2 aromatic rings. The predicted octanol–water partition coefficient (Wildman–Crippen LogP) is -2.90. The van der Waals surface area contributed by atoms with Gasteiger partial charge in [0.05, 0.1) is 0 Å². The normalized spacial score (nSPS) is 8.58. The van der Waals surface area contributed by atoms with E-state index in [1.54, 1.807) is 0 Å². The maximum absolute atomic E-state index is 3.16. The van der Waals surface area contributed by atoms with Gasteiger partial charge in [-0.3, -0.25) is 0 Å². The molecule has 6 heteroatoms. The summed E-state index contributed by atoms with van der Waals surface area (Å²) in [5.41, 5.74) is 2.49. The van der Waals surface area contributed by atoms with Gasteiger partial charge < -0.3 is 34.6 Å². The third-order valence-electron chi connectivity index (χ3n) is 2.52. The summed E-state index contributed by atoms with van der Waals surface area (Å²) in [7, 11) is 8.23. The van der Waals surface area contributed by atoms with Crippen molar-refractivity contribution >= 4 is 0 Å². The van der Waals surface area contributed by atoms with Crippen LogP contribution in [0.3, 0.4) is 0 Å². The van der Waals surface area contributed by atoms with Crippen molar-refractivity contribution in [2.45, 2.75) is 13.1 Å². The van der Waals surface area contributed by atoms with Crippen LogP contribution < -0.4 is 24.8 Å². The number of nitrogens with zero attached hydrogens (tertiary/aromatic N) is 2. The summed E-state index contributed by atoms with van der Waals surface area (Å²) in [6, 6.07) is 22.4. The molecule has 0 saturated heterocycles. The van der Waals surface area contributed by atoms with Crippen LogP contribution in [0.1, 0.15) is 11.1 Å². The van der Waals surface area contributed by atoms with Gasteiger partial charge in [-0.1, -0.05) is 0 Å². The minimum atomic E-state index is 0. The zero-order valence-electron chi connectivity index (χ0n) is 14.3. The van der Waals surface area contributed by atoms with E-state index in [2.05, 4.69) is 62.3 Å². The van der Waals surface area contributed by atoms with Crippen LogP contribution in [-0.4, -0.2) is 38.0 Å². The third kappa shape index (κ3) is 17.1. The molecule has 0 spiro atoms. The molecule has 0 heterocycles. The molecule has 0 aliphatic heterocycles. The minimum Gasteiger partial charge on any atom is -1.00 e. The van der Waals surface area contributed by atoms with Crippen LogP contribution in [-0.2, 0) is 53.9 Å². The number of hydrogen-bond donors (Lipinski definition) is 0. The van der Waals surface area contributed by atoms with Crippen molar-refractivity contribution in [1.29, 1.82) is 0 Å². The van der Waals surface area contributed by atoms with Gasteiger partial charge in [-0.25, -0.2) is 0 Å². The minimum absolute atomic E-state index is 0. The maximum atomic E-state index is 3.16. The Kier molecular flexibility index (Phi) is 26.1. The fraction of sp³-hybridized carbons (Fsp3) is 0.333. The molecule has 0 fully saturated rings. The average Bonchev–Trinajstić information content (AvgIpc) is 2.40. The first kappa shape index (κ1) is 32.0. The van der Waals surface area contributed by atoms with Gasteiger partial charge in [-0.15, -0.1) is 11.1 Å². The zero-order chi connectivity index (χ0) is 14.8. The van der Waals surface area contributed by atoms with Crippen LogP contribution in [0.2, 0.25) is 0 Å². The molecule has 0 saturated carbocycles. The Morgan fingerprint density at radius 3 is 1.21 bits per heavy atom. The van der Waals surface area contributed by atoms with E-state index in [4.69, 9.17) is 0 Å². The Morgan fingerprint density at radius 2 is 1.00 bits per heavy atom. The van der Waals surface area contributed by atoms with Crippen molar-refractivity contribution in [1.82, 2.24) is 9.80 Å². The van der Waals surface area contributed by atoms with E-state index >= 15 is 0 Å². The maximum Gasteiger partial charge on any atom is 2.00 e. The number of halogens is 2. The average molecular weight is 552 g/mol. The first-order valence-corrected chi connectivity index (χ1v) is 6.78. The van der Waals surface area contributed by atoms with Crippen molar-refractivity contribution in [3.05, 3.63) is 71.8 Å². The van der Waals surface area contributed by atoms with Crippen LogP contribution >= 0.6 is 0 Å². The Balaban J connectivity index is -0.000000143. The standard InChI is InChI=1S/2C9H12N.2ClH.2Pd/c2*1-10(2)8-9-6-4-3-5-7-9;;;;/h2*3-6H,8H2,1-2H3;2*1H;;/q2*-1;;;2*+2/p-2. The Morgan fingerprint density at radius 1 is 0.667 bits per heavy atom. The van der Waals surface area contributed by atoms with Crippen molar-refractivity contribution in [3.8, 4) is 0 Å². The SMILES string of the molecule is CN(C)Cc1[c-]cccc1.CN(C)Cc1[c-]cccc1.[Cl-].[Cl-].[Pd+2].[Pd+2]. The van der Waals surface area contributed by atoms with Crippen LogP contribution in [0, 0.1) is 12.1 Å². The fourth-order valence-electron chi connectivity index (χ4n) is 1.74. The first-order chi connectivity index (χ1) is 9.58.